The summed E-state index contributed by atoms with van der Waals surface area (Å²) in [5.41, 5.74) is 10.6. The van der Waals surface area contributed by atoms with Gasteiger partial charge in [-0.1, -0.05) is 127 Å². The van der Waals surface area contributed by atoms with Crippen LogP contribution in [0.5, 0.6) is 0 Å². The smallest absolute Gasteiger partial charge is 0.179 e. The SMILES string of the molecule is N/N=C(\N=C(/c1ccc2ccccc2c1)C1C=Cc2ccccc2C1)c1cccc2oc3cccc(-c4cccc5oc6ccccc6c45)c3c12. The minimum atomic E-state index is 0.0145. The van der Waals surface area contributed by atoms with Crippen LogP contribution in [0.3, 0.4) is 0 Å². The lowest BCUT2D eigenvalue weighted by atomic mass is 9.84. The molecule has 0 saturated heterocycles. The van der Waals surface area contributed by atoms with Gasteiger partial charge >= 0.3 is 0 Å². The summed E-state index contributed by atoms with van der Waals surface area (Å²) >= 11 is 0. The van der Waals surface area contributed by atoms with Crippen LogP contribution in [0.4, 0.5) is 0 Å². The Kier molecular flexibility index (Phi) is 6.71. The highest BCUT2D eigenvalue weighted by Crippen LogP contribution is 2.43. The molecule has 0 saturated carbocycles. The predicted molar refractivity (Wildman–Crippen MR) is 210 cm³/mol. The van der Waals surface area contributed by atoms with Gasteiger partial charge in [-0.25, -0.2) is 4.99 Å². The lowest BCUT2D eigenvalue weighted by Gasteiger charge is -2.22. The lowest BCUT2D eigenvalue weighted by molar-refractivity contribution is 0.668. The van der Waals surface area contributed by atoms with Crippen molar-refractivity contribution in [2.45, 2.75) is 6.42 Å². The second-order valence-corrected chi connectivity index (χ2v) is 13.1. The molecule has 1 atom stereocenters. The maximum atomic E-state index is 6.55. The molecule has 1 aliphatic rings. The highest BCUT2D eigenvalue weighted by molar-refractivity contribution is 6.26. The third kappa shape index (κ3) is 4.77. The summed E-state index contributed by atoms with van der Waals surface area (Å²) in [6.07, 6.45) is 5.28. The first-order valence-corrected chi connectivity index (χ1v) is 17.2. The molecule has 2 aromatic heterocycles. The van der Waals surface area contributed by atoms with E-state index in [9.17, 15) is 0 Å². The zero-order valence-corrected chi connectivity index (χ0v) is 27.6. The minimum Gasteiger partial charge on any atom is -0.456 e. The first-order valence-electron chi connectivity index (χ1n) is 17.2. The molecule has 9 aromatic rings. The molecule has 5 heteroatoms. The summed E-state index contributed by atoms with van der Waals surface area (Å²) in [4.78, 5) is 5.39. The predicted octanol–water partition coefficient (Wildman–Crippen LogP) is 11.3. The van der Waals surface area contributed by atoms with E-state index in [2.05, 4.69) is 108 Å². The molecular weight excluding hydrogens is 627 g/mol. The number of para-hydroxylation sites is 1. The van der Waals surface area contributed by atoms with E-state index in [4.69, 9.17) is 19.7 Å². The highest BCUT2D eigenvalue weighted by atomic mass is 16.3. The highest BCUT2D eigenvalue weighted by Gasteiger charge is 2.24. The molecule has 1 unspecified atom stereocenters. The zero-order chi connectivity index (χ0) is 33.9. The van der Waals surface area contributed by atoms with Crippen molar-refractivity contribution in [3.8, 4) is 11.1 Å². The van der Waals surface area contributed by atoms with E-state index in [0.29, 0.717) is 5.84 Å². The number of nitrogens with zero attached hydrogens (tertiary/aromatic N) is 2. The van der Waals surface area contributed by atoms with Crippen molar-refractivity contribution in [2.24, 2.45) is 21.9 Å². The summed E-state index contributed by atoms with van der Waals surface area (Å²) in [5.74, 6) is 6.78. The Morgan fingerprint density at radius 2 is 1.25 bits per heavy atom. The van der Waals surface area contributed by atoms with Gasteiger partial charge in [-0.05, 0) is 75.3 Å². The monoisotopic (exact) mass is 657 g/mol. The molecule has 0 radical (unpaired) electrons. The number of fused-ring (bicyclic) bond motifs is 8. The maximum absolute atomic E-state index is 6.55. The van der Waals surface area contributed by atoms with E-state index >= 15 is 0 Å². The van der Waals surface area contributed by atoms with Gasteiger partial charge in [0.2, 0.25) is 0 Å². The molecule has 0 aliphatic heterocycles. The second kappa shape index (κ2) is 11.7. The zero-order valence-electron chi connectivity index (χ0n) is 27.6. The average Bonchev–Trinajstić information content (AvgIpc) is 3.77. The number of hydrogen-bond acceptors (Lipinski definition) is 4. The van der Waals surface area contributed by atoms with Crippen molar-refractivity contribution in [3.63, 3.8) is 0 Å². The Hall–Kier alpha value is -6.72. The van der Waals surface area contributed by atoms with Crippen LogP contribution in [0, 0.1) is 5.92 Å². The Morgan fingerprint density at radius 1 is 0.588 bits per heavy atom. The van der Waals surface area contributed by atoms with Gasteiger partial charge in [0.1, 0.15) is 22.3 Å². The first-order chi connectivity index (χ1) is 25.2. The van der Waals surface area contributed by atoms with Gasteiger partial charge in [0.15, 0.2) is 5.84 Å². The molecule has 0 fully saturated rings. The van der Waals surface area contributed by atoms with Crippen LogP contribution >= 0.6 is 0 Å². The molecule has 0 bridgehead atoms. The fourth-order valence-corrected chi connectivity index (χ4v) is 7.85. The van der Waals surface area contributed by atoms with Crippen molar-refractivity contribution in [3.05, 3.63) is 174 Å². The Balaban J connectivity index is 1.20. The average molecular weight is 658 g/mol. The quantitative estimate of drug-likeness (QED) is 0.0885. The van der Waals surface area contributed by atoms with Crippen LogP contribution < -0.4 is 5.84 Å². The molecule has 2 heterocycles. The number of aliphatic imine (C=N–C) groups is 1. The Morgan fingerprint density at radius 3 is 2.12 bits per heavy atom. The van der Waals surface area contributed by atoms with E-state index in [0.717, 1.165) is 83.6 Å². The molecule has 0 spiro atoms. The Labute approximate surface area is 293 Å². The second-order valence-electron chi connectivity index (χ2n) is 13.1. The van der Waals surface area contributed by atoms with Crippen LogP contribution in [0.2, 0.25) is 0 Å². The van der Waals surface area contributed by atoms with E-state index in [1.807, 2.05) is 54.6 Å². The molecule has 242 valence electrons. The van der Waals surface area contributed by atoms with Crippen LogP contribution in [0.1, 0.15) is 22.3 Å². The number of allylic oxidation sites excluding steroid dienone is 1. The van der Waals surface area contributed by atoms with Gasteiger partial charge in [0.25, 0.3) is 0 Å². The number of amidine groups is 1. The number of benzene rings is 7. The van der Waals surface area contributed by atoms with Crippen molar-refractivity contribution in [1.82, 2.24) is 0 Å². The number of rotatable bonds is 4. The fourth-order valence-electron chi connectivity index (χ4n) is 7.85. The molecule has 1 aliphatic carbocycles. The van der Waals surface area contributed by atoms with Crippen molar-refractivity contribution in [2.75, 3.05) is 0 Å². The van der Waals surface area contributed by atoms with E-state index in [1.165, 1.54) is 16.5 Å². The maximum Gasteiger partial charge on any atom is 0.179 e. The van der Waals surface area contributed by atoms with Crippen molar-refractivity contribution in [1.29, 1.82) is 0 Å². The van der Waals surface area contributed by atoms with Gasteiger partial charge < -0.3 is 14.7 Å². The van der Waals surface area contributed by atoms with Crippen LogP contribution in [-0.4, -0.2) is 11.5 Å². The number of nitrogens with two attached hydrogens (primary N) is 1. The van der Waals surface area contributed by atoms with Gasteiger partial charge in [-0.15, -0.1) is 0 Å². The van der Waals surface area contributed by atoms with Gasteiger partial charge in [0, 0.05) is 33.0 Å². The summed E-state index contributed by atoms with van der Waals surface area (Å²) in [6.45, 7) is 0. The minimum absolute atomic E-state index is 0.0145. The third-order valence-electron chi connectivity index (χ3n) is 10.2. The standard InChI is InChI=1S/C46H31N3O2/c47-49-46(48-45(32-24-22-28-10-1-3-12-30(28)26-32)33-25-23-29-11-2-4-13-31(29)27-33)37-17-9-21-41-44(37)43-35(16-8-20-40(43)51-41)34-15-7-19-39-42(34)36-14-5-6-18-38(36)50-39/h1-26,33H,27,47H2/b48-45+,49-46-. The molecule has 51 heavy (non-hydrogen) atoms. The van der Waals surface area contributed by atoms with Crippen molar-refractivity contribution < 1.29 is 8.83 Å². The van der Waals surface area contributed by atoms with Gasteiger partial charge in [-0.2, -0.15) is 5.10 Å². The number of hydrogen-bond donors (Lipinski definition) is 1. The van der Waals surface area contributed by atoms with Crippen molar-refractivity contribution >= 4 is 72.3 Å². The molecule has 10 rings (SSSR count). The van der Waals surface area contributed by atoms with E-state index in [-0.39, 0.29) is 5.92 Å². The summed E-state index contributed by atoms with van der Waals surface area (Å²) in [5, 5.41) is 10.8. The molecular formula is C46H31N3O2. The first kappa shape index (κ1) is 29.2. The van der Waals surface area contributed by atoms with Crippen LogP contribution in [0.15, 0.2) is 171 Å². The fraction of sp³-hybridized carbons (Fsp3) is 0.0435. The number of furan rings is 2. The summed E-state index contributed by atoms with van der Waals surface area (Å²) < 4.78 is 12.8. The summed E-state index contributed by atoms with van der Waals surface area (Å²) in [6, 6.07) is 50.2. The molecule has 0 amide bonds. The lowest BCUT2D eigenvalue weighted by Crippen LogP contribution is -2.21. The normalized spacial score (nSPS) is 15.0. The Bertz CT molecular complexity index is 2920. The van der Waals surface area contributed by atoms with Gasteiger partial charge in [-0.3, -0.25) is 0 Å². The third-order valence-corrected chi connectivity index (χ3v) is 10.2. The van der Waals surface area contributed by atoms with Crippen LogP contribution in [-0.2, 0) is 6.42 Å². The molecule has 2 N–H and O–H groups in total. The molecule has 7 aromatic carbocycles. The van der Waals surface area contributed by atoms with Crippen LogP contribution in [0.25, 0.3) is 71.9 Å². The van der Waals surface area contributed by atoms with Gasteiger partial charge in [0.05, 0.1) is 5.71 Å². The topological polar surface area (TPSA) is 77.0 Å². The molecule has 5 nitrogen and oxygen atoms in total. The number of hydrazone groups is 1. The summed E-state index contributed by atoms with van der Waals surface area (Å²) in [7, 11) is 0. The van der Waals surface area contributed by atoms with E-state index in [1.54, 1.807) is 0 Å². The largest absolute Gasteiger partial charge is 0.456 e. The van der Waals surface area contributed by atoms with E-state index < -0.39 is 0 Å².